The van der Waals surface area contributed by atoms with Gasteiger partial charge < -0.3 is 0 Å². The molecular weight excluding hydrogens is 247 g/mol. The van der Waals surface area contributed by atoms with Gasteiger partial charge in [-0.1, -0.05) is 20.8 Å². The van der Waals surface area contributed by atoms with Gasteiger partial charge >= 0.3 is 0 Å². The summed E-state index contributed by atoms with van der Waals surface area (Å²) in [5.41, 5.74) is -1.16. The van der Waals surface area contributed by atoms with Crippen LogP contribution in [0.2, 0.25) is 0 Å². The van der Waals surface area contributed by atoms with Crippen molar-refractivity contribution in [2.24, 2.45) is 5.41 Å². The summed E-state index contributed by atoms with van der Waals surface area (Å²) in [5.74, 6) is 0. The predicted molar refractivity (Wildman–Crippen MR) is 72.6 cm³/mol. The van der Waals surface area contributed by atoms with Crippen LogP contribution in [0.1, 0.15) is 44.4 Å². The van der Waals surface area contributed by atoms with E-state index in [4.69, 9.17) is 6.85 Å². The molecule has 0 aliphatic heterocycles. The van der Waals surface area contributed by atoms with Crippen molar-refractivity contribution in [2.75, 3.05) is 6.54 Å². The summed E-state index contributed by atoms with van der Waals surface area (Å²) >= 11 is 0. The van der Waals surface area contributed by atoms with Crippen molar-refractivity contribution in [3.63, 3.8) is 0 Å². The average molecular weight is 273 g/mol. The molecule has 0 bridgehead atoms. The number of aromatic nitrogens is 1. The van der Waals surface area contributed by atoms with Crippen LogP contribution in [0.25, 0.3) is 0 Å². The maximum atomic E-state index is 13.6. The van der Waals surface area contributed by atoms with Gasteiger partial charge in [-0.25, -0.2) is 4.39 Å². The van der Waals surface area contributed by atoms with E-state index in [1.165, 1.54) is 6.07 Å². The molecule has 1 atom stereocenters. The SMILES string of the molecule is [2H]C([2H])([2H])c1cnc(CC(F)C[N+](=O)[O-])cc1C([2H])([2H])C(C)(C)C. The van der Waals surface area contributed by atoms with E-state index >= 15 is 0 Å². The van der Waals surface area contributed by atoms with Gasteiger partial charge in [-0.15, -0.1) is 0 Å². The highest BCUT2D eigenvalue weighted by Gasteiger charge is 2.17. The zero-order valence-electron chi connectivity index (χ0n) is 16.2. The van der Waals surface area contributed by atoms with E-state index < -0.39 is 36.3 Å². The van der Waals surface area contributed by atoms with Gasteiger partial charge in [-0.05, 0) is 35.8 Å². The molecule has 1 rings (SSSR count). The molecule has 5 heteroatoms. The topological polar surface area (TPSA) is 56.0 Å². The van der Waals surface area contributed by atoms with Crippen LogP contribution in [-0.2, 0) is 12.8 Å². The molecule has 0 N–H and O–H groups in total. The Hall–Kier alpha value is -1.52. The number of nitrogens with zero attached hydrogens (tertiary/aromatic N) is 2. The van der Waals surface area contributed by atoms with Crippen molar-refractivity contribution < 1.29 is 16.2 Å². The first kappa shape index (κ1) is 9.39. The van der Waals surface area contributed by atoms with Crippen LogP contribution in [0.15, 0.2) is 12.3 Å². The van der Waals surface area contributed by atoms with Crippen LogP contribution < -0.4 is 0 Å². The van der Waals surface area contributed by atoms with Crippen LogP contribution in [0.4, 0.5) is 4.39 Å². The fraction of sp³-hybridized carbons (Fsp3) is 0.643. The number of halogens is 1. The monoisotopic (exact) mass is 273 g/mol. The van der Waals surface area contributed by atoms with Gasteiger partial charge in [0.2, 0.25) is 6.54 Å². The molecule has 0 aliphatic carbocycles. The lowest BCUT2D eigenvalue weighted by Crippen LogP contribution is -2.18. The molecule has 1 aromatic heterocycles. The molecule has 0 amide bonds. The molecule has 106 valence electrons. The van der Waals surface area contributed by atoms with E-state index in [1.807, 2.05) is 0 Å². The summed E-state index contributed by atoms with van der Waals surface area (Å²) in [4.78, 5) is 13.4. The maximum absolute atomic E-state index is 13.6. The second-order valence-corrected chi connectivity index (χ2v) is 5.41. The van der Waals surface area contributed by atoms with Gasteiger partial charge in [-0.2, -0.15) is 0 Å². The van der Waals surface area contributed by atoms with Gasteiger partial charge in [0.15, 0.2) is 6.17 Å². The molecular formula is C14H21FN2O2. The second-order valence-electron chi connectivity index (χ2n) is 5.41. The summed E-state index contributed by atoms with van der Waals surface area (Å²) < 4.78 is 53.0. The van der Waals surface area contributed by atoms with Crippen molar-refractivity contribution in [3.8, 4) is 0 Å². The molecule has 0 spiro atoms. The van der Waals surface area contributed by atoms with E-state index in [9.17, 15) is 14.5 Å². The largest absolute Gasteiger partial charge is 0.264 e. The standard InChI is InChI=1S/C14H21FN2O2/c1-10-8-16-13(6-12(15)9-17(18)19)5-11(10)7-14(2,3)4/h5,8,12H,6-7,9H2,1-4H3/i1D3,7D2. The van der Waals surface area contributed by atoms with E-state index in [2.05, 4.69) is 4.98 Å². The van der Waals surface area contributed by atoms with Gasteiger partial charge in [0, 0.05) is 30.1 Å². The fourth-order valence-electron chi connectivity index (χ4n) is 1.57. The molecule has 1 heterocycles. The van der Waals surface area contributed by atoms with Crippen molar-refractivity contribution in [2.45, 2.75) is 46.6 Å². The van der Waals surface area contributed by atoms with E-state index in [-0.39, 0.29) is 23.2 Å². The van der Waals surface area contributed by atoms with Crippen LogP contribution in [-0.4, -0.2) is 22.6 Å². The summed E-state index contributed by atoms with van der Waals surface area (Å²) in [5, 5.41) is 10.4. The highest BCUT2D eigenvalue weighted by molar-refractivity contribution is 5.26. The highest BCUT2D eigenvalue weighted by Crippen LogP contribution is 2.23. The summed E-state index contributed by atoms with van der Waals surface area (Å²) in [6.07, 6.45) is -3.15. The molecule has 4 nitrogen and oxygen atoms in total. The van der Waals surface area contributed by atoms with E-state index in [0.29, 0.717) is 0 Å². The van der Waals surface area contributed by atoms with Crippen molar-refractivity contribution in [1.29, 1.82) is 0 Å². The fourth-order valence-corrected chi connectivity index (χ4v) is 1.57. The third-order valence-corrected chi connectivity index (χ3v) is 2.25. The Labute approximate surface area is 120 Å². The molecule has 1 aromatic rings. The molecule has 0 aromatic carbocycles. The Morgan fingerprint density at radius 2 is 2.32 bits per heavy atom. The number of hydrogen-bond donors (Lipinski definition) is 0. The first-order chi connectivity index (χ1) is 10.7. The third-order valence-electron chi connectivity index (χ3n) is 2.25. The second kappa shape index (κ2) is 6.08. The normalized spacial score (nSPS) is 18.6. The van der Waals surface area contributed by atoms with Crippen LogP contribution in [0.3, 0.4) is 0 Å². The van der Waals surface area contributed by atoms with Gasteiger partial charge in [-0.3, -0.25) is 15.1 Å². The average Bonchev–Trinajstić information content (AvgIpc) is 2.34. The Morgan fingerprint density at radius 1 is 1.63 bits per heavy atom. The highest BCUT2D eigenvalue weighted by atomic mass is 19.1. The number of alkyl halides is 1. The lowest BCUT2D eigenvalue weighted by atomic mass is 9.86. The summed E-state index contributed by atoms with van der Waals surface area (Å²) in [6.45, 7) is 1.42. The Kier molecular flexibility index (Phi) is 3.01. The predicted octanol–water partition coefficient (Wildman–Crippen LogP) is 3.14. The molecule has 0 aliphatic rings. The molecule has 0 saturated carbocycles. The minimum Gasteiger partial charge on any atom is -0.264 e. The van der Waals surface area contributed by atoms with Crippen molar-refractivity contribution in [3.05, 3.63) is 39.2 Å². The van der Waals surface area contributed by atoms with Gasteiger partial charge in [0.25, 0.3) is 0 Å². The summed E-state index contributed by atoms with van der Waals surface area (Å²) in [7, 11) is 0. The lowest BCUT2D eigenvalue weighted by molar-refractivity contribution is -0.487. The number of aryl methyl sites for hydroxylation is 1. The minimum absolute atomic E-state index is 0.0838. The van der Waals surface area contributed by atoms with Crippen LogP contribution in [0.5, 0.6) is 0 Å². The van der Waals surface area contributed by atoms with Crippen molar-refractivity contribution in [1.82, 2.24) is 4.98 Å². The molecule has 0 fully saturated rings. The number of pyridine rings is 1. The van der Waals surface area contributed by atoms with E-state index in [0.717, 1.165) is 6.20 Å². The van der Waals surface area contributed by atoms with Gasteiger partial charge in [0.1, 0.15) is 0 Å². The summed E-state index contributed by atoms with van der Waals surface area (Å²) in [6, 6.07) is 1.21. The first-order valence-corrected chi connectivity index (χ1v) is 5.92. The molecule has 19 heavy (non-hydrogen) atoms. The zero-order chi connectivity index (χ0) is 18.9. The van der Waals surface area contributed by atoms with E-state index in [1.54, 1.807) is 20.8 Å². The number of rotatable bonds is 5. The lowest BCUT2D eigenvalue weighted by Gasteiger charge is -2.20. The Bertz CT molecular complexity index is 614. The number of hydrogen-bond acceptors (Lipinski definition) is 3. The first-order valence-electron chi connectivity index (χ1n) is 8.42. The quantitative estimate of drug-likeness (QED) is 0.611. The Morgan fingerprint density at radius 3 is 2.84 bits per heavy atom. The molecule has 0 radical (unpaired) electrons. The van der Waals surface area contributed by atoms with Gasteiger partial charge in [0.05, 0.1) is 0 Å². The minimum atomic E-state index is -2.57. The Balaban J connectivity index is 3.37. The zero-order valence-corrected chi connectivity index (χ0v) is 11.2. The van der Waals surface area contributed by atoms with Crippen molar-refractivity contribution >= 4 is 0 Å². The van der Waals surface area contributed by atoms with Crippen LogP contribution >= 0.6 is 0 Å². The maximum Gasteiger partial charge on any atom is 0.235 e. The smallest absolute Gasteiger partial charge is 0.235 e. The number of nitro groups is 1. The van der Waals surface area contributed by atoms with Crippen LogP contribution in [0, 0.1) is 22.4 Å². The third kappa shape index (κ3) is 5.77. The molecule has 1 unspecified atom stereocenters. The molecule has 0 saturated heterocycles.